The van der Waals surface area contributed by atoms with Gasteiger partial charge >= 0.3 is 6.18 Å². The van der Waals surface area contributed by atoms with Gasteiger partial charge in [-0.15, -0.1) is 11.3 Å². The van der Waals surface area contributed by atoms with Crippen molar-refractivity contribution >= 4 is 11.3 Å². The first-order valence-corrected chi connectivity index (χ1v) is 8.45. The first-order chi connectivity index (χ1) is 10.3. The van der Waals surface area contributed by atoms with Gasteiger partial charge in [0.15, 0.2) is 0 Å². The van der Waals surface area contributed by atoms with Gasteiger partial charge in [0.1, 0.15) is 0 Å². The number of alkyl halides is 3. The summed E-state index contributed by atoms with van der Waals surface area (Å²) in [5.41, 5.74) is 0. The maximum Gasteiger partial charge on any atom is 0.401 e. The molecule has 126 valence electrons. The van der Waals surface area contributed by atoms with Gasteiger partial charge < -0.3 is 10.2 Å². The summed E-state index contributed by atoms with van der Waals surface area (Å²) in [6.07, 6.45) is -2.53. The molecule has 2 heterocycles. The van der Waals surface area contributed by atoms with Crippen LogP contribution < -0.4 is 5.32 Å². The molecule has 1 N–H and O–H groups in total. The third kappa shape index (κ3) is 5.53. The van der Waals surface area contributed by atoms with E-state index in [1.165, 1.54) is 9.78 Å². The van der Waals surface area contributed by atoms with Crippen molar-refractivity contribution in [3.63, 3.8) is 0 Å². The number of likely N-dealkylation sites (tertiary alicyclic amines) is 1. The Hall–Kier alpha value is -0.630. The quantitative estimate of drug-likeness (QED) is 0.862. The first-order valence-electron chi connectivity index (χ1n) is 7.57. The van der Waals surface area contributed by atoms with Crippen LogP contribution in [-0.2, 0) is 0 Å². The van der Waals surface area contributed by atoms with Crippen molar-refractivity contribution in [1.82, 2.24) is 15.1 Å². The fraction of sp³-hybridized carbons (Fsp3) is 0.733. The van der Waals surface area contributed by atoms with Crippen molar-refractivity contribution in [1.29, 1.82) is 0 Å². The lowest BCUT2D eigenvalue weighted by atomic mass is 10.0. The van der Waals surface area contributed by atoms with Crippen LogP contribution in [0.15, 0.2) is 17.5 Å². The molecule has 0 radical (unpaired) electrons. The minimum Gasteiger partial charge on any atom is -0.312 e. The Morgan fingerprint density at radius 2 is 2.05 bits per heavy atom. The molecular weight excluding hydrogens is 311 g/mol. The molecule has 7 heteroatoms. The van der Waals surface area contributed by atoms with Crippen molar-refractivity contribution in [2.45, 2.75) is 31.1 Å². The zero-order valence-electron chi connectivity index (χ0n) is 13.1. The van der Waals surface area contributed by atoms with Gasteiger partial charge in [0, 0.05) is 17.5 Å². The van der Waals surface area contributed by atoms with E-state index in [4.69, 9.17) is 0 Å². The number of hydrogen-bond acceptors (Lipinski definition) is 4. The minimum absolute atomic E-state index is 0.312. The van der Waals surface area contributed by atoms with Crippen LogP contribution in [0.5, 0.6) is 0 Å². The summed E-state index contributed by atoms with van der Waals surface area (Å²) in [7, 11) is 4.11. The van der Waals surface area contributed by atoms with Gasteiger partial charge in [0.25, 0.3) is 0 Å². The molecule has 1 fully saturated rings. The minimum atomic E-state index is -4.09. The average Bonchev–Trinajstić information content (AvgIpc) is 2.92. The standard InChI is InChI=1S/C15H24F3N3S/c1-20(2)13(14-4-3-9-22-14)10-19-12-5-7-21(8-6-12)11-15(16,17)18/h3-4,9,12-13,19H,5-8,10-11H2,1-2H3. The summed E-state index contributed by atoms with van der Waals surface area (Å²) >= 11 is 1.74. The van der Waals surface area contributed by atoms with Crippen LogP contribution in [0.2, 0.25) is 0 Å². The maximum atomic E-state index is 12.4. The second kappa shape index (κ2) is 7.77. The molecule has 1 aliphatic rings. The summed E-state index contributed by atoms with van der Waals surface area (Å²) in [4.78, 5) is 4.99. The Kier molecular flexibility index (Phi) is 6.26. The van der Waals surface area contributed by atoms with Gasteiger partial charge in [-0.25, -0.2) is 0 Å². The molecule has 1 atom stereocenters. The smallest absolute Gasteiger partial charge is 0.312 e. The summed E-state index contributed by atoms with van der Waals surface area (Å²) in [5, 5.41) is 5.60. The predicted molar refractivity (Wildman–Crippen MR) is 84.3 cm³/mol. The number of nitrogens with zero attached hydrogens (tertiary/aromatic N) is 2. The molecule has 2 rings (SSSR count). The second-order valence-corrected chi connectivity index (χ2v) is 7.05. The van der Waals surface area contributed by atoms with Crippen LogP contribution in [0.4, 0.5) is 13.2 Å². The lowest BCUT2D eigenvalue weighted by Crippen LogP contribution is -2.47. The molecule has 1 aromatic rings. The number of hydrogen-bond donors (Lipinski definition) is 1. The lowest BCUT2D eigenvalue weighted by Gasteiger charge is -2.34. The number of thiophene rings is 1. The van der Waals surface area contributed by atoms with E-state index >= 15 is 0 Å². The van der Waals surface area contributed by atoms with E-state index in [9.17, 15) is 13.2 Å². The number of nitrogens with one attached hydrogen (secondary N) is 1. The Morgan fingerprint density at radius 1 is 1.36 bits per heavy atom. The van der Waals surface area contributed by atoms with Gasteiger partial charge in [0.2, 0.25) is 0 Å². The highest BCUT2D eigenvalue weighted by Gasteiger charge is 2.32. The largest absolute Gasteiger partial charge is 0.401 e. The van der Waals surface area contributed by atoms with Crippen LogP contribution in [-0.4, -0.2) is 62.3 Å². The number of halogens is 3. The predicted octanol–water partition coefficient (Wildman–Crippen LogP) is 2.97. The van der Waals surface area contributed by atoms with E-state index in [1.807, 2.05) is 6.07 Å². The van der Waals surface area contributed by atoms with E-state index in [0.717, 1.165) is 19.4 Å². The number of likely N-dealkylation sites (N-methyl/N-ethyl adjacent to an activating group) is 1. The van der Waals surface area contributed by atoms with Gasteiger partial charge in [-0.3, -0.25) is 4.90 Å². The molecule has 1 saturated heterocycles. The highest BCUT2D eigenvalue weighted by molar-refractivity contribution is 7.10. The summed E-state index contributed by atoms with van der Waals surface area (Å²) < 4.78 is 37.1. The maximum absolute atomic E-state index is 12.4. The normalized spacial score (nSPS) is 19.7. The van der Waals surface area contributed by atoms with E-state index < -0.39 is 12.7 Å². The molecule has 1 aliphatic heterocycles. The van der Waals surface area contributed by atoms with Crippen LogP contribution in [0.3, 0.4) is 0 Å². The number of rotatable bonds is 6. The Bertz CT molecular complexity index is 426. The zero-order valence-corrected chi connectivity index (χ0v) is 13.9. The molecule has 1 unspecified atom stereocenters. The molecule has 0 saturated carbocycles. The second-order valence-electron chi connectivity index (χ2n) is 6.07. The molecule has 0 bridgehead atoms. The molecule has 0 amide bonds. The first kappa shape index (κ1) is 17.7. The molecule has 0 aromatic carbocycles. The molecule has 1 aromatic heterocycles. The van der Waals surface area contributed by atoms with E-state index in [2.05, 4.69) is 35.8 Å². The topological polar surface area (TPSA) is 18.5 Å². The van der Waals surface area contributed by atoms with Crippen LogP contribution >= 0.6 is 11.3 Å². The summed E-state index contributed by atoms with van der Waals surface area (Å²) in [6.45, 7) is 1.08. The van der Waals surface area contributed by atoms with Crippen molar-refractivity contribution in [2.24, 2.45) is 0 Å². The number of piperidine rings is 1. The fourth-order valence-electron chi connectivity index (χ4n) is 2.85. The van der Waals surface area contributed by atoms with E-state index in [0.29, 0.717) is 25.2 Å². The molecule has 3 nitrogen and oxygen atoms in total. The van der Waals surface area contributed by atoms with Gasteiger partial charge in [0.05, 0.1) is 12.6 Å². The van der Waals surface area contributed by atoms with E-state index in [-0.39, 0.29) is 0 Å². The van der Waals surface area contributed by atoms with Gasteiger partial charge in [-0.2, -0.15) is 13.2 Å². The van der Waals surface area contributed by atoms with Crippen LogP contribution in [0.25, 0.3) is 0 Å². The van der Waals surface area contributed by atoms with Crippen molar-refractivity contribution in [2.75, 3.05) is 40.3 Å². The fourth-order valence-corrected chi connectivity index (χ4v) is 3.77. The third-order valence-electron chi connectivity index (χ3n) is 4.09. The van der Waals surface area contributed by atoms with Crippen molar-refractivity contribution in [3.8, 4) is 0 Å². The van der Waals surface area contributed by atoms with Crippen LogP contribution in [0.1, 0.15) is 23.8 Å². The Balaban J connectivity index is 1.76. The highest BCUT2D eigenvalue weighted by Crippen LogP contribution is 2.24. The van der Waals surface area contributed by atoms with Crippen LogP contribution in [0, 0.1) is 0 Å². The van der Waals surface area contributed by atoms with Gasteiger partial charge in [-0.05, 0) is 51.5 Å². The Morgan fingerprint density at radius 3 is 2.55 bits per heavy atom. The van der Waals surface area contributed by atoms with Gasteiger partial charge in [-0.1, -0.05) is 6.07 Å². The molecule has 0 aliphatic carbocycles. The third-order valence-corrected chi connectivity index (χ3v) is 5.06. The summed E-state index contributed by atoms with van der Waals surface area (Å²) in [6, 6.07) is 4.80. The monoisotopic (exact) mass is 335 g/mol. The SMILES string of the molecule is CN(C)C(CNC1CCN(CC(F)(F)F)CC1)c1cccs1. The van der Waals surface area contributed by atoms with Crippen molar-refractivity contribution in [3.05, 3.63) is 22.4 Å². The Labute approximate surface area is 134 Å². The highest BCUT2D eigenvalue weighted by atomic mass is 32.1. The van der Waals surface area contributed by atoms with Crippen molar-refractivity contribution < 1.29 is 13.2 Å². The summed E-state index contributed by atoms with van der Waals surface area (Å²) in [5.74, 6) is 0. The molecule has 22 heavy (non-hydrogen) atoms. The molecule has 0 spiro atoms. The molecular formula is C15H24F3N3S. The van der Waals surface area contributed by atoms with E-state index in [1.54, 1.807) is 11.3 Å². The average molecular weight is 335 g/mol. The lowest BCUT2D eigenvalue weighted by molar-refractivity contribution is -0.148. The zero-order chi connectivity index (χ0) is 16.2.